The van der Waals surface area contributed by atoms with Gasteiger partial charge >= 0.3 is 0 Å². The van der Waals surface area contributed by atoms with Crippen LogP contribution >= 0.6 is 15.9 Å². The maximum atomic E-state index is 4.92. The van der Waals surface area contributed by atoms with Gasteiger partial charge in [-0.2, -0.15) is 0 Å². The molecule has 1 aromatic heterocycles. The fourth-order valence-corrected chi connectivity index (χ4v) is 4.02. The smallest absolute Gasteiger partial charge is 0.0709 e. The number of pyridine rings is 1. The van der Waals surface area contributed by atoms with Crippen molar-refractivity contribution in [3.63, 3.8) is 0 Å². The van der Waals surface area contributed by atoms with E-state index in [-0.39, 0.29) is 0 Å². The molecule has 0 fully saturated rings. The summed E-state index contributed by atoms with van der Waals surface area (Å²) in [6, 6.07) is 38.1. The molecule has 0 aliphatic rings. The van der Waals surface area contributed by atoms with Gasteiger partial charge in [0, 0.05) is 15.4 Å². The molecule has 0 aliphatic heterocycles. The van der Waals surface area contributed by atoms with Crippen molar-refractivity contribution >= 4 is 26.8 Å². The number of halogens is 1. The van der Waals surface area contributed by atoms with Crippen molar-refractivity contribution in [2.75, 3.05) is 0 Å². The lowest BCUT2D eigenvalue weighted by Crippen LogP contribution is -1.87. The summed E-state index contributed by atoms with van der Waals surface area (Å²) in [7, 11) is 0. The van der Waals surface area contributed by atoms with Crippen LogP contribution in [0.2, 0.25) is 0 Å². The molecule has 0 aliphatic carbocycles. The molecular weight excluding hydrogens is 418 g/mol. The van der Waals surface area contributed by atoms with E-state index in [0.717, 1.165) is 26.6 Å². The lowest BCUT2D eigenvalue weighted by molar-refractivity contribution is 1.40. The number of fused-ring (bicyclic) bond motifs is 1. The van der Waals surface area contributed by atoms with Crippen LogP contribution < -0.4 is 0 Å². The van der Waals surface area contributed by atoms with Crippen LogP contribution in [0.1, 0.15) is 0 Å². The second-order valence-corrected chi connectivity index (χ2v) is 7.98. The molecule has 0 saturated carbocycles. The molecule has 29 heavy (non-hydrogen) atoms. The number of benzene rings is 4. The molecule has 0 N–H and O–H groups in total. The summed E-state index contributed by atoms with van der Waals surface area (Å²) in [6.45, 7) is 0. The molecule has 1 heterocycles. The number of nitrogens with zero attached hydrogens (tertiary/aromatic N) is 1. The normalized spacial score (nSPS) is 10.9. The third-order valence-corrected chi connectivity index (χ3v) is 5.61. The molecule has 5 rings (SSSR count). The highest BCUT2D eigenvalue weighted by molar-refractivity contribution is 9.10. The Morgan fingerprint density at radius 3 is 2.00 bits per heavy atom. The van der Waals surface area contributed by atoms with Crippen LogP contribution in [0.3, 0.4) is 0 Å². The lowest BCUT2D eigenvalue weighted by Gasteiger charge is -2.08. The number of hydrogen-bond acceptors (Lipinski definition) is 1. The van der Waals surface area contributed by atoms with Gasteiger partial charge in [0.15, 0.2) is 0 Å². The van der Waals surface area contributed by atoms with E-state index in [9.17, 15) is 0 Å². The van der Waals surface area contributed by atoms with E-state index in [1.165, 1.54) is 22.3 Å². The Hall–Kier alpha value is -3.23. The van der Waals surface area contributed by atoms with Gasteiger partial charge in [-0.1, -0.05) is 88.7 Å². The maximum Gasteiger partial charge on any atom is 0.0709 e. The van der Waals surface area contributed by atoms with E-state index in [1.807, 2.05) is 12.1 Å². The monoisotopic (exact) mass is 435 g/mol. The van der Waals surface area contributed by atoms with Gasteiger partial charge < -0.3 is 0 Å². The first-order valence-electron chi connectivity index (χ1n) is 9.59. The Kier molecular flexibility index (Phi) is 4.71. The number of rotatable bonds is 3. The Balaban J connectivity index is 1.53. The summed E-state index contributed by atoms with van der Waals surface area (Å²) in [4.78, 5) is 4.92. The second-order valence-electron chi connectivity index (χ2n) is 7.06. The molecule has 138 valence electrons. The van der Waals surface area contributed by atoms with Gasteiger partial charge in [-0.15, -0.1) is 0 Å². The second kappa shape index (κ2) is 7.65. The van der Waals surface area contributed by atoms with Gasteiger partial charge in [0.1, 0.15) is 0 Å². The summed E-state index contributed by atoms with van der Waals surface area (Å²) in [5.74, 6) is 0. The first kappa shape index (κ1) is 17.8. The van der Waals surface area contributed by atoms with E-state index in [1.54, 1.807) is 0 Å². The van der Waals surface area contributed by atoms with Crippen molar-refractivity contribution in [2.45, 2.75) is 0 Å². The summed E-state index contributed by atoms with van der Waals surface area (Å²) in [6.07, 6.45) is 0. The third-order valence-electron chi connectivity index (χ3n) is 5.11. The minimum atomic E-state index is 0.988. The van der Waals surface area contributed by atoms with E-state index < -0.39 is 0 Å². The summed E-state index contributed by atoms with van der Waals surface area (Å²) in [5, 5.41) is 1.15. The van der Waals surface area contributed by atoms with Gasteiger partial charge in [0.2, 0.25) is 0 Å². The van der Waals surface area contributed by atoms with E-state index in [0.29, 0.717) is 0 Å². The average Bonchev–Trinajstić information content (AvgIpc) is 2.79. The topological polar surface area (TPSA) is 12.9 Å². The average molecular weight is 436 g/mol. The number of hydrogen-bond donors (Lipinski definition) is 0. The predicted molar refractivity (Wildman–Crippen MR) is 126 cm³/mol. The third kappa shape index (κ3) is 3.72. The van der Waals surface area contributed by atoms with Gasteiger partial charge in [0.05, 0.1) is 11.2 Å². The molecular formula is C27H18BrN. The quantitative estimate of drug-likeness (QED) is 0.279. The van der Waals surface area contributed by atoms with E-state index in [2.05, 4.69) is 113 Å². The molecule has 1 nitrogen and oxygen atoms in total. The van der Waals surface area contributed by atoms with Crippen molar-refractivity contribution in [1.29, 1.82) is 0 Å². The van der Waals surface area contributed by atoms with Crippen molar-refractivity contribution in [3.8, 4) is 33.5 Å². The number of aromatic nitrogens is 1. The summed E-state index contributed by atoms with van der Waals surface area (Å²) in [5.41, 5.74) is 7.93. The first-order chi connectivity index (χ1) is 14.3. The molecule has 0 saturated heterocycles. The molecule has 4 aromatic carbocycles. The molecule has 2 heteroatoms. The zero-order chi connectivity index (χ0) is 19.6. The van der Waals surface area contributed by atoms with Crippen LogP contribution in [0.25, 0.3) is 44.4 Å². The van der Waals surface area contributed by atoms with Gasteiger partial charge in [-0.05, 0) is 58.7 Å². The predicted octanol–water partition coefficient (Wildman–Crippen LogP) is 8.00. The summed E-state index contributed by atoms with van der Waals surface area (Å²) < 4.78 is 1.08. The largest absolute Gasteiger partial charge is 0.248 e. The van der Waals surface area contributed by atoms with Crippen LogP contribution in [-0.2, 0) is 0 Å². The van der Waals surface area contributed by atoms with Crippen LogP contribution in [0.15, 0.2) is 114 Å². The zero-order valence-electron chi connectivity index (χ0n) is 15.7. The van der Waals surface area contributed by atoms with Crippen molar-refractivity contribution in [2.24, 2.45) is 0 Å². The highest BCUT2D eigenvalue weighted by Gasteiger charge is 2.06. The highest BCUT2D eigenvalue weighted by atomic mass is 79.9. The molecule has 0 bridgehead atoms. The molecule has 0 atom stereocenters. The Labute approximate surface area is 178 Å². The SMILES string of the molecule is Brc1cccc(-c2cccc(-c3ccc4cc(-c5ccccc5)ccc4n3)c2)c1. The highest BCUT2D eigenvalue weighted by Crippen LogP contribution is 2.29. The fourth-order valence-electron chi connectivity index (χ4n) is 3.62. The van der Waals surface area contributed by atoms with E-state index >= 15 is 0 Å². The van der Waals surface area contributed by atoms with Gasteiger partial charge in [0.25, 0.3) is 0 Å². The van der Waals surface area contributed by atoms with Gasteiger partial charge in [-0.25, -0.2) is 4.98 Å². The van der Waals surface area contributed by atoms with Crippen LogP contribution in [0.5, 0.6) is 0 Å². The van der Waals surface area contributed by atoms with Gasteiger partial charge in [-0.3, -0.25) is 0 Å². The first-order valence-corrected chi connectivity index (χ1v) is 10.4. The standard InChI is InChI=1S/C27H18BrN/c28-25-11-5-9-21(18-25)20-8-4-10-23(16-20)26-15-13-24-17-22(12-14-27(24)29-26)19-6-2-1-3-7-19/h1-18H. The minimum Gasteiger partial charge on any atom is -0.248 e. The molecule has 0 amide bonds. The van der Waals surface area contributed by atoms with Crippen molar-refractivity contribution < 1.29 is 0 Å². The molecule has 0 unspecified atom stereocenters. The molecule has 5 aromatic rings. The maximum absolute atomic E-state index is 4.92. The fraction of sp³-hybridized carbons (Fsp3) is 0. The Morgan fingerprint density at radius 2 is 1.17 bits per heavy atom. The lowest BCUT2D eigenvalue weighted by atomic mass is 10.0. The van der Waals surface area contributed by atoms with E-state index in [4.69, 9.17) is 4.98 Å². The molecule has 0 radical (unpaired) electrons. The van der Waals surface area contributed by atoms with Crippen LogP contribution in [-0.4, -0.2) is 4.98 Å². The zero-order valence-corrected chi connectivity index (χ0v) is 17.3. The van der Waals surface area contributed by atoms with Crippen molar-refractivity contribution in [1.82, 2.24) is 4.98 Å². The van der Waals surface area contributed by atoms with Crippen LogP contribution in [0.4, 0.5) is 0 Å². The summed E-state index contributed by atoms with van der Waals surface area (Å²) >= 11 is 3.56. The minimum absolute atomic E-state index is 0.988. The Morgan fingerprint density at radius 1 is 0.483 bits per heavy atom. The Bertz CT molecular complexity index is 1310. The molecule has 0 spiro atoms. The van der Waals surface area contributed by atoms with Crippen molar-refractivity contribution in [3.05, 3.63) is 114 Å². The van der Waals surface area contributed by atoms with Crippen LogP contribution in [0, 0.1) is 0 Å².